The van der Waals surface area contributed by atoms with E-state index in [1.165, 1.54) is 22.7 Å². The molecule has 0 aliphatic carbocycles. The van der Waals surface area contributed by atoms with Crippen molar-refractivity contribution in [1.29, 1.82) is 10.5 Å². The van der Waals surface area contributed by atoms with Gasteiger partial charge >= 0.3 is 5.82 Å². The van der Waals surface area contributed by atoms with Crippen molar-refractivity contribution in [3.63, 3.8) is 0 Å². The number of benzene rings is 2. The zero-order valence-electron chi connectivity index (χ0n) is 12.8. The van der Waals surface area contributed by atoms with E-state index in [0.717, 1.165) is 31.2 Å². The maximum Gasteiger partial charge on any atom is 0.555 e. The van der Waals surface area contributed by atoms with Gasteiger partial charge in [-0.1, -0.05) is 0 Å². The van der Waals surface area contributed by atoms with Crippen molar-refractivity contribution < 1.29 is 0 Å². The summed E-state index contributed by atoms with van der Waals surface area (Å²) in [6.45, 7) is 14.1. The van der Waals surface area contributed by atoms with Crippen LogP contribution in [0.15, 0.2) is 24.3 Å². The van der Waals surface area contributed by atoms with Crippen molar-refractivity contribution in [3.05, 3.63) is 56.4 Å². The molecule has 2 aromatic heterocycles. The zero-order valence-corrected chi connectivity index (χ0v) is 14.4. The minimum absolute atomic E-state index is 0.00361. The largest absolute Gasteiger partial charge is 0.555 e. The Morgan fingerprint density at radius 3 is 1.85 bits per heavy atom. The fraction of sp³-hybridized carbons (Fsp3) is 0. The molecule has 0 atom stereocenters. The number of thiazole rings is 2. The molecular weight excluding hydrogens is 364 g/mol. The van der Waals surface area contributed by atoms with Crippen LogP contribution in [0.3, 0.4) is 0 Å². The lowest BCUT2D eigenvalue weighted by atomic mass is 10.1. The molecule has 0 amide bonds. The van der Waals surface area contributed by atoms with E-state index in [9.17, 15) is 0 Å². The Kier molecular flexibility index (Phi) is 3.57. The van der Waals surface area contributed by atoms with Crippen LogP contribution in [0.1, 0.15) is 0 Å². The number of hydrogen-bond donors (Lipinski definition) is 0. The Hall–Kier alpha value is -3.82. The van der Waals surface area contributed by atoms with Crippen LogP contribution < -0.4 is 9.33 Å². The Balaban J connectivity index is 2.06. The highest BCUT2D eigenvalue weighted by Crippen LogP contribution is 2.28. The van der Waals surface area contributed by atoms with Gasteiger partial charge in [0.15, 0.2) is 5.57 Å². The van der Waals surface area contributed by atoms with Gasteiger partial charge in [-0.3, -0.25) is 0 Å². The molecule has 2 heterocycles. The predicted molar refractivity (Wildman–Crippen MR) is 101 cm³/mol. The van der Waals surface area contributed by atoms with Crippen molar-refractivity contribution >= 4 is 65.3 Å². The summed E-state index contributed by atoms with van der Waals surface area (Å²) in [7, 11) is 0. The zero-order chi connectivity index (χ0) is 18.3. The van der Waals surface area contributed by atoms with E-state index in [1.807, 2.05) is 36.4 Å². The first-order valence-electron chi connectivity index (χ1n) is 7.11. The van der Waals surface area contributed by atoms with Gasteiger partial charge in [-0.2, -0.15) is 20.2 Å². The number of nitrogens with zero attached hydrogens (tertiary/aromatic N) is 6. The monoisotopic (exact) mass is 368 g/mol. The van der Waals surface area contributed by atoms with E-state index in [1.54, 1.807) is 0 Å². The molecule has 0 aliphatic rings. The summed E-state index contributed by atoms with van der Waals surface area (Å²) < 4.78 is 2.59. The van der Waals surface area contributed by atoms with Gasteiger partial charge in [-0.15, -0.1) is 22.7 Å². The molecule has 0 spiro atoms. The third-order valence-corrected chi connectivity index (χ3v) is 5.74. The quantitative estimate of drug-likeness (QED) is 0.447. The summed E-state index contributed by atoms with van der Waals surface area (Å²) in [5, 5.41) is 19.9. The van der Waals surface area contributed by atoms with Crippen molar-refractivity contribution in [2.45, 2.75) is 0 Å². The minimum atomic E-state index is -0.0291. The third-order valence-electron chi connectivity index (χ3n) is 3.69. The SMILES string of the molecule is [C-]#[N+]C([N+]#[C-])=c1nc2cc3cc4sc(=C(C#N)C#N)nc4cc3cc2s1. The first-order valence-corrected chi connectivity index (χ1v) is 8.74. The van der Waals surface area contributed by atoms with Crippen molar-refractivity contribution in [2.24, 2.45) is 0 Å². The van der Waals surface area contributed by atoms with Gasteiger partial charge in [-0.05, 0) is 35.0 Å². The van der Waals surface area contributed by atoms with Crippen LogP contribution in [0.25, 0.3) is 52.3 Å². The van der Waals surface area contributed by atoms with Crippen LogP contribution in [0, 0.1) is 35.8 Å². The maximum atomic E-state index is 9.01. The Morgan fingerprint density at radius 1 is 0.846 bits per heavy atom. The van der Waals surface area contributed by atoms with Crippen LogP contribution >= 0.6 is 22.7 Å². The average Bonchev–Trinajstić information content (AvgIpc) is 3.23. The molecule has 118 valence electrons. The lowest BCUT2D eigenvalue weighted by molar-refractivity contribution is 1.40. The van der Waals surface area contributed by atoms with Gasteiger partial charge in [0.2, 0.25) is 4.66 Å². The molecule has 0 N–H and O–H groups in total. The van der Waals surface area contributed by atoms with E-state index < -0.39 is 0 Å². The van der Waals surface area contributed by atoms with E-state index in [2.05, 4.69) is 19.7 Å². The molecule has 4 rings (SSSR count). The second kappa shape index (κ2) is 5.92. The first kappa shape index (κ1) is 15.7. The van der Waals surface area contributed by atoms with Gasteiger partial charge in [0.25, 0.3) is 0 Å². The van der Waals surface area contributed by atoms with Crippen LogP contribution in [0.4, 0.5) is 0 Å². The number of rotatable bonds is 0. The lowest BCUT2D eigenvalue weighted by Crippen LogP contribution is -2.00. The number of fused-ring (bicyclic) bond motifs is 3. The second-order valence-corrected chi connectivity index (χ2v) is 7.23. The highest BCUT2D eigenvalue weighted by molar-refractivity contribution is 7.17. The highest BCUT2D eigenvalue weighted by atomic mass is 32.1. The fourth-order valence-electron chi connectivity index (χ4n) is 2.54. The van der Waals surface area contributed by atoms with Gasteiger partial charge in [0.05, 0.1) is 20.4 Å². The summed E-state index contributed by atoms with van der Waals surface area (Å²) in [4.78, 5) is 15.2. The summed E-state index contributed by atoms with van der Waals surface area (Å²) in [5.41, 5.74) is 1.45. The van der Waals surface area contributed by atoms with Gasteiger partial charge in [0, 0.05) is 0 Å². The molecule has 0 saturated heterocycles. The summed E-state index contributed by atoms with van der Waals surface area (Å²) in [5.74, 6) is -0.0291. The molecule has 0 radical (unpaired) electrons. The van der Waals surface area contributed by atoms with Crippen LogP contribution in [0.2, 0.25) is 0 Å². The van der Waals surface area contributed by atoms with E-state index in [-0.39, 0.29) is 11.4 Å². The third kappa shape index (κ3) is 2.35. The second-order valence-electron chi connectivity index (χ2n) is 5.17. The molecule has 2 aromatic carbocycles. The molecular formula is C18H4N6S2. The average molecular weight is 368 g/mol. The number of hydrogen-bond acceptors (Lipinski definition) is 6. The fourth-order valence-corrected chi connectivity index (χ4v) is 4.41. The highest BCUT2D eigenvalue weighted by Gasteiger charge is 2.12. The molecule has 0 bridgehead atoms. The lowest BCUT2D eigenvalue weighted by Gasteiger charge is -1.97. The molecule has 26 heavy (non-hydrogen) atoms. The molecule has 8 heteroatoms. The normalized spacial score (nSPS) is 10.2. The predicted octanol–water partition coefficient (Wildman–Crippen LogP) is 3.16. The van der Waals surface area contributed by atoms with Crippen LogP contribution in [-0.4, -0.2) is 9.97 Å². The number of nitriles is 2. The van der Waals surface area contributed by atoms with Gasteiger partial charge in [-0.25, -0.2) is 9.97 Å². The summed E-state index contributed by atoms with van der Waals surface area (Å²) in [6, 6.07) is 11.5. The first-order chi connectivity index (χ1) is 12.7. The van der Waals surface area contributed by atoms with Crippen LogP contribution in [0.5, 0.6) is 0 Å². The van der Waals surface area contributed by atoms with Crippen molar-refractivity contribution in [2.75, 3.05) is 0 Å². The van der Waals surface area contributed by atoms with Gasteiger partial charge < -0.3 is 0 Å². The molecule has 0 fully saturated rings. The molecule has 0 aliphatic heterocycles. The molecule has 4 aromatic rings. The Labute approximate surface area is 154 Å². The smallest absolute Gasteiger partial charge is 0.241 e. The Bertz CT molecular complexity index is 1310. The Morgan fingerprint density at radius 2 is 1.35 bits per heavy atom. The minimum Gasteiger partial charge on any atom is -0.241 e. The standard InChI is InChI=1S/C18H4N6S2/c1-21-16(22-2)18-24-13-4-10-5-14-12(3-9(10)6-15(13)26-18)23-17(25-14)11(7-19)8-20/h3-6H. The molecule has 0 saturated carbocycles. The molecule has 0 unspecified atom stereocenters. The van der Waals surface area contributed by atoms with Gasteiger partial charge in [0.1, 0.15) is 29.9 Å². The topological polar surface area (TPSA) is 82.1 Å². The summed E-state index contributed by atoms with van der Waals surface area (Å²) >= 11 is 2.61. The van der Waals surface area contributed by atoms with E-state index >= 15 is 0 Å². The van der Waals surface area contributed by atoms with E-state index in [4.69, 9.17) is 23.7 Å². The summed E-state index contributed by atoms with van der Waals surface area (Å²) in [6.07, 6.45) is 0. The maximum absolute atomic E-state index is 9.01. The van der Waals surface area contributed by atoms with Crippen molar-refractivity contribution in [1.82, 2.24) is 9.97 Å². The van der Waals surface area contributed by atoms with Crippen molar-refractivity contribution in [3.8, 4) is 12.1 Å². The van der Waals surface area contributed by atoms with Crippen LogP contribution in [-0.2, 0) is 0 Å². The molecule has 6 nitrogen and oxygen atoms in total. The number of aromatic nitrogens is 2. The van der Waals surface area contributed by atoms with E-state index in [0.29, 0.717) is 9.33 Å².